The first-order valence-electron chi connectivity index (χ1n) is 8.95. The Bertz CT molecular complexity index is 1130. The minimum Gasteiger partial charge on any atom is -0.659 e. The highest BCUT2D eigenvalue weighted by molar-refractivity contribution is 7.98. The van der Waals surface area contributed by atoms with Gasteiger partial charge in [-0.25, -0.2) is 4.98 Å². The lowest BCUT2D eigenvalue weighted by Gasteiger charge is -2.38. The van der Waals surface area contributed by atoms with Crippen LogP contribution >= 0.6 is 35.1 Å². The van der Waals surface area contributed by atoms with Crippen molar-refractivity contribution in [1.29, 1.82) is 5.26 Å². The number of nitrogens with zero attached hydrogens (tertiary/aromatic N) is 4. The number of para-hydroxylation sites is 1. The highest BCUT2D eigenvalue weighted by atomic mass is 35.5. The molecule has 30 heavy (non-hydrogen) atoms. The smallest absolute Gasteiger partial charge is 0.136 e. The number of anilines is 1. The first-order valence-corrected chi connectivity index (χ1v) is 10.7. The van der Waals surface area contributed by atoms with Crippen LogP contribution in [0.3, 0.4) is 0 Å². The SMILES string of the molecule is N#Cc1ccc(NCSNC2=NC(c3ccc(Cl)cc3Cl)[N-]c3ccccc32)nc1. The minimum atomic E-state index is -0.457. The standard InChI is InChI=1S/C21H15Cl2N6S/c22-14-6-7-15(17(23)9-14)20-27-18-4-2-1-3-16(18)21(28-20)29-30-12-26-19-8-5-13(10-24)11-25-19/h1-9,11,20H,12H2,(H,25,26)(H,28,29)/q-1. The lowest BCUT2D eigenvalue weighted by atomic mass is 10.1. The predicted molar refractivity (Wildman–Crippen MR) is 123 cm³/mol. The van der Waals surface area contributed by atoms with Crippen LogP contribution in [0.1, 0.15) is 22.9 Å². The van der Waals surface area contributed by atoms with Crippen molar-refractivity contribution < 1.29 is 0 Å². The molecule has 1 aliphatic heterocycles. The third kappa shape index (κ3) is 4.62. The van der Waals surface area contributed by atoms with E-state index in [-0.39, 0.29) is 0 Å². The Labute approximate surface area is 188 Å². The number of hydrogen-bond acceptors (Lipinski definition) is 6. The van der Waals surface area contributed by atoms with E-state index in [1.165, 1.54) is 18.1 Å². The van der Waals surface area contributed by atoms with Crippen LogP contribution in [0.2, 0.25) is 10.0 Å². The number of nitrogens with one attached hydrogen (secondary N) is 2. The normalized spacial score (nSPS) is 14.7. The van der Waals surface area contributed by atoms with Gasteiger partial charge in [-0.05, 0) is 41.8 Å². The predicted octanol–water partition coefficient (Wildman–Crippen LogP) is 6.03. The van der Waals surface area contributed by atoms with Crippen LogP contribution in [0.15, 0.2) is 65.8 Å². The van der Waals surface area contributed by atoms with Crippen molar-refractivity contribution in [3.63, 3.8) is 0 Å². The molecule has 2 heterocycles. The van der Waals surface area contributed by atoms with Crippen molar-refractivity contribution in [2.24, 2.45) is 4.99 Å². The molecule has 2 N–H and O–H groups in total. The summed E-state index contributed by atoms with van der Waals surface area (Å²) in [6.07, 6.45) is 1.07. The quantitative estimate of drug-likeness (QED) is 0.279. The second kappa shape index (κ2) is 9.26. The summed E-state index contributed by atoms with van der Waals surface area (Å²) in [6, 6.07) is 18.7. The average Bonchev–Trinajstić information content (AvgIpc) is 2.77. The molecule has 6 nitrogen and oxygen atoms in total. The summed E-state index contributed by atoms with van der Waals surface area (Å²) in [5.74, 6) is 1.95. The Hall–Kier alpha value is -2.92. The van der Waals surface area contributed by atoms with Gasteiger partial charge in [0.1, 0.15) is 17.7 Å². The molecule has 1 aliphatic rings. The number of hydrogen-bond donors (Lipinski definition) is 2. The van der Waals surface area contributed by atoms with Gasteiger partial charge in [0, 0.05) is 28.0 Å². The Morgan fingerprint density at radius 3 is 2.77 bits per heavy atom. The zero-order valence-electron chi connectivity index (χ0n) is 15.5. The van der Waals surface area contributed by atoms with Crippen molar-refractivity contribution in [3.05, 3.63) is 92.8 Å². The lowest BCUT2D eigenvalue weighted by Crippen LogP contribution is -2.23. The van der Waals surface area contributed by atoms with Crippen molar-refractivity contribution in [3.8, 4) is 6.07 Å². The highest BCUT2D eigenvalue weighted by Crippen LogP contribution is 2.42. The number of aromatic nitrogens is 1. The van der Waals surface area contributed by atoms with Crippen LogP contribution in [-0.2, 0) is 0 Å². The number of halogens is 2. The Kier molecular flexibility index (Phi) is 6.29. The Balaban J connectivity index is 1.47. The summed E-state index contributed by atoms with van der Waals surface area (Å²) in [4.78, 5) is 8.96. The summed E-state index contributed by atoms with van der Waals surface area (Å²) in [5.41, 5.74) is 3.08. The van der Waals surface area contributed by atoms with Gasteiger partial charge >= 0.3 is 0 Å². The van der Waals surface area contributed by atoms with Crippen molar-refractivity contribution in [1.82, 2.24) is 9.71 Å². The molecule has 0 saturated heterocycles. The Morgan fingerprint density at radius 1 is 1.13 bits per heavy atom. The molecule has 0 spiro atoms. The van der Waals surface area contributed by atoms with Crippen molar-refractivity contribution in [2.45, 2.75) is 6.17 Å². The van der Waals surface area contributed by atoms with E-state index in [4.69, 9.17) is 38.8 Å². The molecule has 1 atom stereocenters. The molecule has 4 rings (SSSR count). The fraction of sp³-hybridized carbons (Fsp3) is 0.0952. The molecule has 0 fully saturated rings. The zero-order valence-corrected chi connectivity index (χ0v) is 17.8. The molecule has 1 aromatic heterocycles. The summed E-state index contributed by atoms with van der Waals surface area (Å²) >= 11 is 13.8. The summed E-state index contributed by atoms with van der Waals surface area (Å²) in [7, 11) is 0. The maximum absolute atomic E-state index is 8.84. The molecule has 0 saturated carbocycles. The zero-order chi connectivity index (χ0) is 20.9. The minimum absolute atomic E-state index is 0.457. The van der Waals surface area contributed by atoms with E-state index in [0.717, 1.165) is 22.6 Å². The number of pyridine rings is 1. The second-order valence-corrected chi connectivity index (χ2v) is 7.90. The maximum atomic E-state index is 8.84. The molecular weight excluding hydrogens is 439 g/mol. The molecule has 0 bridgehead atoms. The molecule has 1 unspecified atom stereocenters. The van der Waals surface area contributed by atoms with E-state index >= 15 is 0 Å². The summed E-state index contributed by atoms with van der Waals surface area (Å²) in [6.45, 7) is 0. The third-order valence-corrected chi connectivity index (χ3v) is 5.49. The van der Waals surface area contributed by atoms with E-state index in [9.17, 15) is 0 Å². The number of amidine groups is 1. The molecule has 3 aromatic rings. The first kappa shape index (κ1) is 20.4. The van der Waals surface area contributed by atoms with E-state index in [1.54, 1.807) is 24.3 Å². The average molecular weight is 454 g/mol. The third-order valence-electron chi connectivity index (χ3n) is 4.30. The van der Waals surface area contributed by atoms with Crippen LogP contribution < -0.4 is 10.0 Å². The van der Waals surface area contributed by atoms with Gasteiger partial charge in [-0.15, -0.1) is 5.69 Å². The van der Waals surface area contributed by atoms with Crippen LogP contribution in [-0.4, -0.2) is 16.7 Å². The monoisotopic (exact) mass is 453 g/mol. The number of rotatable bonds is 5. The van der Waals surface area contributed by atoms with Gasteiger partial charge in [-0.1, -0.05) is 53.5 Å². The molecule has 0 radical (unpaired) electrons. The summed E-state index contributed by atoms with van der Waals surface area (Å²) in [5, 5.41) is 17.9. The number of fused-ring (bicyclic) bond motifs is 1. The van der Waals surface area contributed by atoms with Gasteiger partial charge < -0.3 is 15.4 Å². The molecule has 150 valence electrons. The van der Waals surface area contributed by atoms with Gasteiger partial charge in [0.2, 0.25) is 0 Å². The number of nitriles is 1. The molecular formula is C21H15Cl2N6S-. The van der Waals surface area contributed by atoms with Gasteiger partial charge in [-0.2, -0.15) is 5.26 Å². The number of benzene rings is 2. The fourth-order valence-corrected chi connectivity index (χ4v) is 3.95. The van der Waals surface area contributed by atoms with Crippen LogP contribution in [0.4, 0.5) is 11.5 Å². The topological polar surface area (TPSA) is 87.2 Å². The van der Waals surface area contributed by atoms with E-state index < -0.39 is 6.17 Å². The van der Waals surface area contributed by atoms with Crippen molar-refractivity contribution in [2.75, 3.05) is 11.2 Å². The van der Waals surface area contributed by atoms with Crippen LogP contribution in [0.25, 0.3) is 5.32 Å². The maximum Gasteiger partial charge on any atom is 0.136 e. The Morgan fingerprint density at radius 2 is 2.00 bits per heavy atom. The lowest BCUT2D eigenvalue weighted by molar-refractivity contribution is 0.866. The molecule has 0 amide bonds. The van der Waals surface area contributed by atoms with Gasteiger partial charge in [0.05, 0.1) is 11.4 Å². The molecule has 9 heteroatoms. The first-order chi connectivity index (χ1) is 14.6. The molecule has 2 aromatic carbocycles. The highest BCUT2D eigenvalue weighted by Gasteiger charge is 2.15. The van der Waals surface area contributed by atoms with Gasteiger partial charge in [0.25, 0.3) is 0 Å². The van der Waals surface area contributed by atoms with Crippen LogP contribution in [0, 0.1) is 11.3 Å². The molecule has 0 aliphatic carbocycles. The van der Waals surface area contributed by atoms with E-state index in [1.807, 2.05) is 36.4 Å². The van der Waals surface area contributed by atoms with E-state index in [2.05, 4.69) is 15.0 Å². The van der Waals surface area contributed by atoms with E-state index in [0.29, 0.717) is 27.3 Å². The number of aliphatic imine (C=N–C) groups is 1. The van der Waals surface area contributed by atoms with Crippen LogP contribution in [0.5, 0.6) is 0 Å². The second-order valence-electron chi connectivity index (χ2n) is 6.27. The van der Waals surface area contributed by atoms with Crippen molar-refractivity contribution >= 4 is 52.5 Å². The fourth-order valence-electron chi connectivity index (χ4n) is 2.85. The summed E-state index contributed by atoms with van der Waals surface area (Å²) < 4.78 is 3.30. The van der Waals surface area contributed by atoms with Gasteiger partial charge in [0.15, 0.2) is 0 Å². The van der Waals surface area contributed by atoms with Gasteiger partial charge in [-0.3, -0.25) is 4.99 Å². The largest absolute Gasteiger partial charge is 0.659 e.